The number of hydrogen-bond donors (Lipinski definition) is 2. The third-order valence-corrected chi connectivity index (χ3v) is 2.80. The first-order valence-electron chi connectivity index (χ1n) is 6.03. The van der Waals surface area contributed by atoms with Crippen molar-refractivity contribution in [1.29, 1.82) is 0 Å². The monoisotopic (exact) mass is 331 g/mol. The van der Waals surface area contributed by atoms with Crippen LogP contribution in [0.1, 0.15) is 25.5 Å². The Balaban J connectivity index is 0.00000400. The number of aliphatic hydroxyl groups is 1. The van der Waals surface area contributed by atoms with Crippen molar-refractivity contribution < 1.29 is 27.4 Å². The van der Waals surface area contributed by atoms with Crippen LogP contribution in [-0.4, -0.2) is 23.7 Å². The van der Waals surface area contributed by atoms with Gasteiger partial charge in [-0.2, -0.15) is 17.6 Å². The molecule has 0 aliphatic heterocycles. The zero-order valence-electron chi connectivity index (χ0n) is 11.5. The van der Waals surface area contributed by atoms with Gasteiger partial charge in [0.2, 0.25) is 0 Å². The fraction of sp³-hybridized carbons (Fsp3) is 0.538. The highest BCUT2D eigenvalue weighted by atomic mass is 35.5. The van der Waals surface area contributed by atoms with Crippen LogP contribution in [0, 0.1) is 5.92 Å². The summed E-state index contributed by atoms with van der Waals surface area (Å²) in [6.07, 6.45) is -9.39. The molecule has 0 aliphatic carbocycles. The predicted molar refractivity (Wildman–Crippen MR) is 73.0 cm³/mol. The van der Waals surface area contributed by atoms with Gasteiger partial charge in [0, 0.05) is 0 Å². The van der Waals surface area contributed by atoms with Crippen LogP contribution >= 0.6 is 12.4 Å². The van der Waals surface area contributed by atoms with E-state index in [0.29, 0.717) is 5.56 Å². The first-order chi connectivity index (χ1) is 9.15. The van der Waals surface area contributed by atoms with Crippen molar-refractivity contribution in [3.05, 3.63) is 29.8 Å². The van der Waals surface area contributed by atoms with E-state index in [2.05, 4.69) is 4.74 Å². The normalized spacial score (nSPS) is 14.8. The lowest BCUT2D eigenvalue weighted by molar-refractivity contribution is -0.253. The molecule has 0 saturated carbocycles. The standard InChI is InChI=1S/C13H17F4NO2.ClH/c1-7(2)11(19)10(18)8-4-3-5-9(6-8)20-13(16,17)12(14)15;/h3-7,10-12,19H,18H2,1-2H3;1H/t10-,11+;/m1./s1. The average molecular weight is 332 g/mol. The van der Waals surface area contributed by atoms with E-state index in [0.717, 1.165) is 12.1 Å². The van der Waals surface area contributed by atoms with Gasteiger partial charge in [0.15, 0.2) is 0 Å². The fourth-order valence-corrected chi connectivity index (χ4v) is 1.60. The quantitative estimate of drug-likeness (QED) is 0.786. The third-order valence-electron chi connectivity index (χ3n) is 2.80. The number of halogens is 5. The Bertz CT molecular complexity index is 446. The molecule has 3 nitrogen and oxygen atoms in total. The first kappa shape index (κ1) is 19.9. The molecule has 0 saturated heterocycles. The molecular formula is C13H18ClF4NO2. The van der Waals surface area contributed by atoms with Crippen molar-refractivity contribution in [1.82, 2.24) is 0 Å². The number of ether oxygens (including phenoxy) is 1. The highest BCUT2D eigenvalue weighted by molar-refractivity contribution is 5.85. The highest BCUT2D eigenvalue weighted by Crippen LogP contribution is 2.29. The molecule has 3 N–H and O–H groups in total. The summed E-state index contributed by atoms with van der Waals surface area (Å²) in [5, 5.41) is 9.83. The molecular weight excluding hydrogens is 314 g/mol. The van der Waals surface area contributed by atoms with Crippen LogP contribution in [0.5, 0.6) is 5.75 Å². The maximum Gasteiger partial charge on any atom is 0.461 e. The van der Waals surface area contributed by atoms with Gasteiger partial charge in [0.25, 0.3) is 0 Å². The Morgan fingerprint density at radius 3 is 2.29 bits per heavy atom. The summed E-state index contributed by atoms with van der Waals surface area (Å²) >= 11 is 0. The van der Waals surface area contributed by atoms with Crippen LogP contribution in [0.25, 0.3) is 0 Å². The van der Waals surface area contributed by atoms with Gasteiger partial charge in [-0.25, -0.2) is 0 Å². The molecule has 21 heavy (non-hydrogen) atoms. The van der Waals surface area contributed by atoms with Crippen molar-refractivity contribution in [3.63, 3.8) is 0 Å². The van der Waals surface area contributed by atoms with E-state index < -0.39 is 30.4 Å². The maximum absolute atomic E-state index is 12.8. The fourth-order valence-electron chi connectivity index (χ4n) is 1.60. The molecule has 0 amide bonds. The topological polar surface area (TPSA) is 55.5 Å². The summed E-state index contributed by atoms with van der Waals surface area (Å²) in [4.78, 5) is 0. The van der Waals surface area contributed by atoms with Gasteiger partial charge in [0.05, 0.1) is 12.1 Å². The summed E-state index contributed by atoms with van der Waals surface area (Å²) in [6, 6.07) is 4.27. The maximum atomic E-state index is 12.8. The van der Waals surface area contributed by atoms with Gasteiger partial charge in [-0.15, -0.1) is 12.4 Å². The van der Waals surface area contributed by atoms with Crippen LogP contribution < -0.4 is 10.5 Å². The predicted octanol–water partition coefficient (Wildman–Crippen LogP) is 3.36. The van der Waals surface area contributed by atoms with E-state index in [-0.39, 0.29) is 18.3 Å². The van der Waals surface area contributed by atoms with Crippen LogP contribution in [0.2, 0.25) is 0 Å². The summed E-state index contributed by atoms with van der Waals surface area (Å²) < 4.78 is 53.7. The average Bonchev–Trinajstić information content (AvgIpc) is 2.36. The van der Waals surface area contributed by atoms with Crippen molar-refractivity contribution >= 4 is 12.4 Å². The van der Waals surface area contributed by atoms with Crippen LogP contribution in [0.3, 0.4) is 0 Å². The number of hydrogen-bond acceptors (Lipinski definition) is 3. The van der Waals surface area contributed by atoms with Crippen LogP contribution in [0.4, 0.5) is 17.6 Å². The number of rotatable bonds is 6. The molecule has 1 rings (SSSR count). The van der Waals surface area contributed by atoms with Gasteiger partial charge < -0.3 is 15.6 Å². The largest absolute Gasteiger partial charge is 0.461 e. The van der Waals surface area contributed by atoms with Crippen molar-refractivity contribution in [2.75, 3.05) is 0 Å². The molecule has 0 radical (unpaired) electrons. The number of benzene rings is 1. The molecule has 0 aromatic heterocycles. The van der Waals surface area contributed by atoms with E-state index in [1.165, 1.54) is 12.1 Å². The van der Waals surface area contributed by atoms with Crippen LogP contribution in [0.15, 0.2) is 24.3 Å². The number of nitrogens with two attached hydrogens (primary N) is 1. The lowest BCUT2D eigenvalue weighted by Gasteiger charge is -2.23. The minimum Gasteiger partial charge on any atom is -0.428 e. The van der Waals surface area contributed by atoms with Crippen molar-refractivity contribution in [2.45, 2.75) is 38.5 Å². The van der Waals surface area contributed by atoms with E-state index in [4.69, 9.17) is 5.73 Å². The van der Waals surface area contributed by atoms with Gasteiger partial charge in [-0.1, -0.05) is 26.0 Å². The molecule has 0 fully saturated rings. The minimum atomic E-state index is -4.57. The minimum absolute atomic E-state index is 0. The molecule has 0 spiro atoms. The zero-order chi connectivity index (χ0) is 15.5. The van der Waals surface area contributed by atoms with E-state index in [1.54, 1.807) is 13.8 Å². The lowest BCUT2D eigenvalue weighted by atomic mass is 9.94. The van der Waals surface area contributed by atoms with Crippen LogP contribution in [-0.2, 0) is 0 Å². The third kappa shape index (κ3) is 5.33. The van der Waals surface area contributed by atoms with E-state index in [1.807, 2.05) is 0 Å². The SMILES string of the molecule is CC(C)[C@H](O)[C@H](N)c1cccc(OC(F)(F)C(F)F)c1.Cl. The Labute approximate surface area is 126 Å². The molecule has 0 aliphatic rings. The van der Waals surface area contributed by atoms with Crippen molar-refractivity contribution in [3.8, 4) is 5.75 Å². The molecule has 1 aromatic rings. The molecule has 1 aromatic carbocycles. The Morgan fingerprint density at radius 2 is 1.81 bits per heavy atom. The number of alkyl halides is 4. The summed E-state index contributed by atoms with van der Waals surface area (Å²) in [5.74, 6) is -0.573. The molecule has 122 valence electrons. The van der Waals surface area contributed by atoms with Gasteiger partial charge in [-0.05, 0) is 23.6 Å². The number of aliphatic hydroxyl groups excluding tert-OH is 1. The summed E-state index contributed by atoms with van der Waals surface area (Å²) in [6.45, 7) is 3.49. The molecule has 2 atom stereocenters. The second-order valence-corrected chi connectivity index (χ2v) is 4.80. The van der Waals surface area contributed by atoms with E-state index in [9.17, 15) is 22.7 Å². The summed E-state index contributed by atoms with van der Waals surface area (Å²) in [5.41, 5.74) is 6.12. The first-order valence-corrected chi connectivity index (χ1v) is 6.03. The second-order valence-electron chi connectivity index (χ2n) is 4.80. The smallest absolute Gasteiger partial charge is 0.428 e. The Hall–Kier alpha value is -1.05. The lowest BCUT2D eigenvalue weighted by Crippen LogP contribution is -2.33. The summed E-state index contributed by atoms with van der Waals surface area (Å²) in [7, 11) is 0. The Kier molecular flexibility index (Phi) is 7.43. The Morgan fingerprint density at radius 1 is 1.24 bits per heavy atom. The molecule has 0 heterocycles. The molecule has 8 heteroatoms. The molecule has 0 unspecified atom stereocenters. The van der Waals surface area contributed by atoms with E-state index >= 15 is 0 Å². The van der Waals surface area contributed by atoms with Gasteiger partial charge >= 0.3 is 12.5 Å². The molecule has 0 bridgehead atoms. The highest BCUT2D eigenvalue weighted by Gasteiger charge is 2.44. The van der Waals surface area contributed by atoms with Gasteiger partial charge in [-0.3, -0.25) is 0 Å². The van der Waals surface area contributed by atoms with Crippen molar-refractivity contribution in [2.24, 2.45) is 11.7 Å². The second kappa shape index (κ2) is 7.82. The zero-order valence-corrected chi connectivity index (χ0v) is 12.3. The van der Waals surface area contributed by atoms with Gasteiger partial charge in [0.1, 0.15) is 5.75 Å².